The summed E-state index contributed by atoms with van der Waals surface area (Å²) in [4.78, 5) is 17.3. The highest BCUT2D eigenvalue weighted by Crippen LogP contribution is 2.40. The van der Waals surface area contributed by atoms with Gasteiger partial charge >= 0.3 is 0 Å². The van der Waals surface area contributed by atoms with Gasteiger partial charge in [-0.2, -0.15) is 0 Å². The molecule has 0 aliphatic carbocycles. The number of aryl methyl sites for hydroxylation is 2. The zero-order valence-electron chi connectivity index (χ0n) is 15.7. The molecule has 0 radical (unpaired) electrons. The Morgan fingerprint density at radius 1 is 0.889 bits per heavy atom. The SMILES string of the molecule is O=C(COc1ccc2c3c1CCCN3CCC2)N1CCCc2ccccc21. The van der Waals surface area contributed by atoms with Gasteiger partial charge in [0.1, 0.15) is 5.75 Å². The van der Waals surface area contributed by atoms with Crippen molar-refractivity contribution in [2.24, 2.45) is 0 Å². The molecule has 0 spiro atoms. The lowest BCUT2D eigenvalue weighted by Gasteiger charge is -2.37. The molecule has 0 unspecified atom stereocenters. The normalized spacial score (nSPS) is 17.9. The summed E-state index contributed by atoms with van der Waals surface area (Å²) in [6.07, 6.45) is 6.67. The zero-order valence-corrected chi connectivity index (χ0v) is 15.7. The number of amides is 1. The minimum atomic E-state index is 0.0553. The van der Waals surface area contributed by atoms with Gasteiger partial charge in [-0.1, -0.05) is 24.3 Å². The third-order valence-electron chi connectivity index (χ3n) is 6.13. The van der Waals surface area contributed by atoms with E-state index in [2.05, 4.69) is 23.1 Å². The molecule has 140 valence electrons. The molecule has 0 saturated carbocycles. The smallest absolute Gasteiger partial charge is 0.264 e. The Bertz CT molecular complexity index is 875. The van der Waals surface area contributed by atoms with Crippen LogP contribution in [-0.4, -0.2) is 32.1 Å². The molecule has 2 aromatic rings. The second-order valence-electron chi connectivity index (χ2n) is 7.81. The molecule has 3 heterocycles. The molecule has 0 saturated heterocycles. The van der Waals surface area contributed by atoms with Crippen LogP contribution in [0.3, 0.4) is 0 Å². The van der Waals surface area contributed by atoms with Gasteiger partial charge < -0.3 is 14.5 Å². The maximum Gasteiger partial charge on any atom is 0.264 e. The van der Waals surface area contributed by atoms with Gasteiger partial charge in [0, 0.05) is 36.6 Å². The summed E-state index contributed by atoms with van der Waals surface area (Å²) in [7, 11) is 0. The average Bonchev–Trinajstić information content (AvgIpc) is 2.73. The third kappa shape index (κ3) is 2.97. The molecule has 0 fully saturated rings. The number of carbonyl (C=O) groups excluding carboxylic acids is 1. The first-order chi connectivity index (χ1) is 13.3. The van der Waals surface area contributed by atoms with Crippen LogP contribution in [0.4, 0.5) is 11.4 Å². The number of para-hydroxylation sites is 1. The second-order valence-corrected chi connectivity index (χ2v) is 7.81. The molecule has 0 atom stereocenters. The van der Waals surface area contributed by atoms with Crippen molar-refractivity contribution in [2.45, 2.75) is 38.5 Å². The molecule has 0 bridgehead atoms. The molecule has 27 heavy (non-hydrogen) atoms. The van der Waals surface area contributed by atoms with Crippen molar-refractivity contribution >= 4 is 17.3 Å². The van der Waals surface area contributed by atoms with Crippen LogP contribution in [0.1, 0.15) is 36.0 Å². The number of nitrogens with zero attached hydrogens (tertiary/aromatic N) is 2. The van der Waals surface area contributed by atoms with Gasteiger partial charge in [0.15, 0.2) is 6.61 Å². The van der Waals surface area contributed by atoms with Crippen LogP contribution in [-0.2, 0) is 24.1 Å². The number of hydrogen-bond acceptors (Lipinski definition) is 3. The molecule has 4 nitrogen and oxygen atoms in total. The molecule has 1 amide bonds. The number of anilines is 2. The topological polar surface area (TPSA) is 32.8 Å². The Labute approximate surface area is 160 Å². The Morgan fingerprint density at radius 3 is 2.59 bits per heavy atom. The summed E-state index contributed by atoms with van der Waals surface area (Å²) < 4.78 is 6.09. The van der Waals surface area contributed by atoms with Crippen molar-refractivity contribution in [3.05, 3.63) is 53.1 Å². The lowest BCUT2D eigenvalue weighted by atomic mass is 9.91. The monoisotopic (exact) mass is 362 g/mol. The van der Waals surface area contributed by atoms with Gasteiger partial charge in [0.25, 0.3) is 5.91 Å². The largest absolute Gasteiger partial charge is 0.483 e. The van der Waals surface area contributed by atoms with Crippen molar-refractivity contribution in [1.82, 2.24) is 0 Å². The van der Waals surface area contributed by atoms with E-state index in [1.54, 1.807) is 0 Å². The fraction of sp³-hybridized carbons (Fsp3) is 0.435. The molecule has 4 heteroatoms. The van der Waals surface area contributed by atoms with Gasteiger partial charge in [-0.3, -0.25) is 4.79 Å². The summed E-state index contributed by atoms with van der Waals surface area (Å²) in [5.41, 5.74) is 6.46. The van der Waals surface area contributed by atoms with Crippen molar-refractivity contribution in [3.63, 3.8) is 0 Å². The van der Waals surface area contributed by atoms with Crippen LogP contribution in [0.5, 0.6) is 5.75 Å². The minimum absolute atomic E-state index is 0.0553. The first-order valence-corrected chi connectivity index (χ1v) is 10.2. The van der Waals surface area contributed by atoms with E-state index in [-0.39, 0.29) is 12.5 Å². The molecule has 0 aromatic heterocycles. The van der Waals surface area contributed by atoms with Crippen LogP contribution in [0.25, 0.3) is 0 Å². The van der Waals surface area contributed by atoms with Gasteiger partial charge in [0.05, 0.1) is 0 Å². The molecular weight excluding hydrogens is 336 g/mol. The zero-order chi connectivity index (χ0) is 18.2. The van der Waals surface area contributed by atoms with E-state index in [9.17, 15) is 4.79 Å². The molecule has 0 N–H and O–H groups in total. The number of rotatable bonds is 3. The maximum atomic E-state index is 12.9. The Hall–Kier alpha value is -2.49. The average molecular weight is 362 g/mol. The Balaban J connectivity index is 1.36. The fourth-order valence-corrected chi connectivity index (χ4v) is 4.89. The number of hydrogen-bond donors (Lipinski definition) is 0. The molecule has 2 aromatic carbocycles. The Kier molecular flexibility index (Phi) is 4.27. The predicted molar refractivity (Wildman–Crippen MR) is 108 cm³/mol. The number of carbonyl (C=O) groups is 1. The third-order valence-corrected chi connectivity index (χ3v) is 6.13. The van der Waals surface area contributed by atoms with E-state index in [0.29, 0.717) is 0 Å². The van der Waals surface area contributed by atoms with Crippen molar-refractivity contribution in [1.29, 1.82) is 0 Å². The van der Waals surface area contributed by atoms with E-state index < -0.39 is 0 Å². The standard InChI is InChI=1S/C23H26N2O2/c26-22(25-15-4-7-17-6-1-2-10-20(17)25)16-27-21-12-11-18-8-3-13-24-14-5-9-19(21)23(18)24/h1-2,6,10-12H,3-5,7-9,13-16H2. The summed E-state index contributed by atoms with van der Waals surface area (Å²) in [5, 5.41) is 0. The highest BCUT2D eigenvalue weighted by atomic mass is 16.5. The first-order valence-electron chi connectivity index (χ1n) is 10.2. The molecule has 3 aliphatic heterocycles. The molecular formula is C23H26N2O2. The highest BCUT2D eigenvalue weighted by molar-refractivity contribution is 5.95. The van der Waals surface area contributed by atoms with Crippen LogP contribution in [0.15, 0.2) is 36.4 Å². The minimum Gasteiger partial charge on any atom is -0.483 e. The maximum absolute atomic E-state index is 12.9. The number of fused-ring (bicyclic) bond motifs is 1. The highest BCUT2D eigenvalue weighted by Gasteiger charge is 2.27. The number of benzene rings is 2. The molecule has 5 rings (SSSR count). The van der Waals surface area contributed by atoms with Gasteiger partial charge in [-0.15, -0.1) is 0 Å². The van der Waals surface area contributed by atoms with Gasteiger partial charge in [-0.05, 0) is 61.8 Å². The van der Waals surface area contributed by atoms with Crippen molar-refractivity contribution in [2.75, 3.05) is 36.0 Å². The summed E-state index contributed by atoms with van der Waals surface area (Å²) in [6, 6.07) is 12.5. The van der Waals surface area contributed by atoms with Crippen molar-refractivity contribution in [3.8, 4) is 5.75 Å². The predicted octanol–water partition coefficient (Wildman–Crippen LogP) is 3.74. The second kappa shape index (κ2) is 6.91. The van der Waals surface area contributed by atoms with Crippen LogP contribution < -0.4 is 14.5 Å². The van der Waals surface area contributed by atoms with Crippen LogP contribution >= 0.6 is 0 Å². The van der Waals surface area contributed by atoms with E-state index in [0.717, 1.165) is 56.8 Å². The van der Waals surface area contributed by atoms with Crippen LogP contribution in [0.2, 0.25) is 0 Å². The van der Waals surface area contributed by atoms with Crippen molar-refractivity contribution < 1.29 is 9.53 Å². The lowest BCUT2D eigenvalue weighted by Crippen LogP contribution is -2.39. The Morgan fingerprint density at radius 2 is 1.67 bits per heavy atom. The van der Waals surface area contributed by atoms with E-state index in [1.807, 2.05) is 23.1 Å². The van der Waals surface area contributed by atoms with Crippen LogP contribution in [0, 0.1) is 0 Å². The van der Waals surface area contributed by atoms with E-state index >= 15 is 0 Å². The summed E-state index contributed by atoms with van der Waals surface area (Å²) in [5.74, 6) is 0.957. The van der Waals surface area contributed by atoms with Gasteiger partial charge in [-0.25, -0.2) is 0 Å². The summed E-state index contributed by atoms with van der Waals surface area (Å²) in [6.45, 7) is 3.18. The quantitative estimate of drug-likeness (QED) is 0.834. The molecule has 3 aliphatic rings. The first kappa shape index (κ1) is 16.7. The lowest BCUT2D eigenvalue weighted by molar-refractivity contribution is -0.120. The van der Waals surface area contributed by atoms with Gasteiger partial charge in [0.2, 0.25) is 0 Å². The number of ether oxygens (including phenoxy) is 1. The van der Waals surface area contributed by atoms with E-state index in [1.165, 1.54) is 35.2 Å². The van der Waals surface area contributed by atoms with E-state index in [4.69, 9.17) is 4.74 Å². The summed E-state index contributed by atoms with van der Waals surface area (Å²) >= 11 is 0. The fourth-order valence-electron chi connectivity index (χ4n) is 4.89.